The standard InChI is InChI=1S/C11H8BrN3/c12-10-3-1-2-9(8-10)11-14-5-7-15(11)6-4-13/h1-3,5,7-8H,6H2. The van der Waals surface area contributed by atoms with Crippen LogP contribution in [-0.4, -0.2) is 9.55 Å². The molecule has 0 atom stereocenters. The van der Waals surface area contributed by atoms with Gasteiger partial charge in [0.2, 0.25) is 0 Å². The molecule has 74 valence electrons. The zero-order chi connectivity index (χ0) is 10.7. The zero-order valence-corrected chi connectivity index (χ0v) is 9.48. The molecule has 0 bridgehead atoms. The van der Waals surface area contributed by atoms with E-state index in [0.717, 1.165) is 15.9 Å². The first-order valence-electron chi connectivity index (χ1n) is 4.45. The quantitative estimate of drug-likeness (QED) is 0.835. The molecule has 0 saturated heterocycles. The van der Waals surface area contributed by atoms with Gasteiger partial charge in [-0.15, -0.1) is 0 Å². The van der Waals surface area contributed by atoms with E-state index in [0.29, 0.717) is 6.54 Å². The summed E-state index contributed by atoms with van der Waals surface area (Å²) in [7, 11) is 0. The first kappa shape index (κ1) is 9.94. The summed E-state index contributed by atoms with van der Waals surface area (Å²) < 4.78 is 2.83. The Morgan fingerprint density at radius 1 is 1.47 bits per heavy atom. The van der Waals surface area contributed by atoms with E-state index in [2.05, 4.69) is 27.0 Å². The van der Waals surface area contributed by atoms with Crippen LogP contribution >= 0.6 is 15.9 Å². The first-order valence-corrected chi connectivity index (χ1v) is 5.24. The van der Waals surface area contributed by atoms with Crippen molar-refractivity contribution in [2.75, 3.05) is 0 Å². The smallest absolute Gasteiger partial charge is 0.140 e. The summed E-state index contributed by atoms with van der Waals surface area (Å²) in [4.78, 5) is 4.24. The summed E-state index contributed by atoms with van der Waals surface area (Å²) in [6.45, 7) is 0.321. The van der Waals surface area contributed by atoms with Crippen molar-refractivity contribution in [2.45, 2.75) is 6.54 Å². The van der Waals surface area contributed by atoms with Crippen molar-refractivity contribution >= 4 is 15.9 Å². The fourth-order valence-corrected chi connectivity index (χ4v) is 1.80. The van der Waals surface area contributed by atoms with E-state index < -0.39 is 0 Å². The molecule has 0 N–H and O–H groups in total. The van der Waals surface area contributed by atoms with E-state index in [9.17, 15) is 0 Å². The van der Waals surface area contributed by atoms with Gasteiger partial charge in [-0.05, 0) is 12.1 Å². The molecule has 0 aliphatic rings. The lowest BCUT2D eigenvalue weighted by Gasteiger charge is -2.03. The Morgan fingerprint density at radius 2 is 2.33 bits per heavy atom. The minimum Gasteiger partial charge on any atom is -0.317 e. The van der Waals surface area contributed by atoms with Crippen molar-refractivity contribution in [3.8, 4) is 17.5 Å². The normalized spacial score (nSPS) is 9.87. The lowest BCUT2D eigenvalue weighted by atomic mass is 10.2. The molecule has 0 spiro atoms. The topological polar surface area (TPSA) is 41.6 Å². The van der Waals surface area contributed by atoms with E-state index in [4.69, 9.17) is 5.26 Å². The van der Waals surface area contributed by atoms with Crippen LogP contribution in [0, 0.1) is 11.3 Å². The van der Waals surface area contributed by atoms with Crippen molar-refractivity contribution in [1.82, 2.24) is 9.55 Å². The number of hydrogen-bond donors (Lipinski definition) is 0. The molecule has 1 aromatic carbocycles. The van der Waals surface area contributed by atoms with Crippen LogP contribution in [0.2, 0.25) is 0 Å². The summed E-state index contributed by atoms with van der Waals surface area (Å²) in [5.41, 5.74) is 1.00. The van der Waals surface area contributed by atoms with E-state index in [1.165, 1.54) is 0 Å². The fourth-order valence-electron chi connectivity index (χ4n) is 1.40. The molecule has 0 aliphatic heterocycles. The van der Waals surface area contributed by atoms with Crippen molar-refractivity contribution in [3.63, 3.8) is 0 Å². The van der Waals surface area contributed by atoms with Crippen LogP contribution in [0.4, 0.5) is 0 Å². The average molecular weight is 262 g/mol. The Morgan fingerprint density at radius 3 is 3.07 bits per heavy atom. The lowest BCUT2D eigenvalue weighted by Crippen LogP contribution is -1.97. The van der Waals surface area contributed by atoms with Gasteiger partial charge in [0, 0.05) is 22.4 Å². The number of nitriles is 1. The van der Waals surface area contributed by atoms with Crippen molar-refractivity contribution in [3.05, 3.63) is 41.1 Å². The van der Waals surface area contributed by atoms with Crippen LogP contribution in [-0.2, 0) is 6.54 Å². The molecule has 2 aromatic rings. The SMILES string of the molecule is N#CCn1ccnc1-c1cccc(Br)c1. The van der Waals surface area contributed by atoms with Gasteiger partial charge in [0.05, 0.1) is 6.07 Å². The highest BCUT2D eigenvalue weighted by Crippen LogP contribution is 2.21. The summed E-state index contributed by atoms with van der Waals surface area (Å²) in [5, 5.41) is 8.66. The maximum absolute atomic E-state index is 8.66. The molecule has 4 heteroatoms. The van der Waals surface area contributed by atoms with Gasteiger partial charge < -0.3 is 4.57 Å². The second kappa shape index (κ2) is 4.28. The van der Waals surface area contributed by atoms with Crippen LogP contribution in [0.1, 0.15) is 0 Å². The monoisotopic (exact) mass is 261 g/mol. The molecule has 2 rings (SSSR count). The fraction of sp³-hybridized carbons (Fsp3) is 0.0909. The number of aromatic nitrogens is 2. The number of benzene rings is 1. The summed E-state index contributed by atoms with van der Waals surface area (Å²) in [6, 6.07) is 9.97. The molecule has 0 amide bonds. The molecule has 0 unspecified atom stereocenters. The molecular formula is C11H8BrN3. The molecular weight excluding hydrogens is 254 g/mol. The Kier molecular flexibility index (Phi) is 2.84. The van der Waals surface area contributed by atoms with Gasteiger partial charge in [-0.1, -0.05) is 28.1 Å². The molecule has 0 aliphatic carbocycles. The third-order valence-electron chi connectivity index (χ3n) is 2.04. The van der Waals surface area contributed by atoms with Gasteiger partial charge in [-0.2, -0.15) is 5.26 Å². The van der Waals surface area contributed by atoms with E-state index in [-0.39, 0.29) is 0 Å². The van der Waals surface area contributed by atoms with Crippen LogP contribution in [0.25, 0.3) is 11.4 Å². The highest BCUT2D eigenvalue weighted by molar-refractivity contribution is 9.10. The van der Waals surface area contributed by atoms with Crippen LogP contribution in [0.5, 0.6) is 0 Å². The molecule has 0 radical (unpaired) electrons. The van der Waals surface area contributed by atoms with E-state index >= 15 is 0 Å². The number of rotatable bonds is 2. The second-order valence-electron chi connectivity index (χ2n) is 3.05. The molecule has 1 aromatic heterocycles. The Hall–Kier alpha value is -1.60. The molecule has 15 heavy (non-hydrogen) atoms. The number of imidazole rings is 1. The highest BCUT2D eigenvalue weighted by Gasteiger charge is 2.05. The van der Waals surface area contributed by atoms with Crippen LogP contribution in [0.15, 0.2) is 41.1 Å². The number of halogens is 1. The Balaban J connectivity index is 2.45. The minimum atomic E-state index is 0.321. The number of nitrogens with zero attached hydrogens (tertiary/aromatic N) is 3. The molecule has 0 fully saturated rings. The van der Waals surface area contributed by atoms with Crippen LogP contribution in [0.3, 0.4) is 0 Å². The van der Waals surface area contributed by atoms with Gasteiger partial charge in [-0.25, -0.2) is 4.98 Å². The average Bonchev–Trinajstić information content (AvgIpc) is 2.66. The van der Waals surface area contributed by atoms with Crippen molar-refractivity contribution in [1.29, 1.82) is 5.26 Å². The Labute approximate surface area is 96.1 Å². The van der Waals surface area contributed by atoms with Gasteiger partial charge in [0.15, 0.2) is 0 Å². The lowest BCUT2D eigenvalue weighted by molar-refractivity contribution is 0.841. The largest absolute Gasteiger partial charge is 0.317 e. The summed E-state index contributed by atoms with van der Waals surface area (Å²) in [5.74, 6) is 0.817. The molecule has 3 nitrogen and oxygen atoms in total. The maximum Gasteiger partial charge on any atom is 0.140 e. The first-order chi connectivity index (χ1) is 7.31. The molecule has 0 saturated carbocycles. The van der Waals surface area contributed by atoms with Gasteiger partial charge >= 0.3 is 0 Å². The third kappa shape index (κ3) is 2.08. The van der Waals surface area contributed by atoms with Crippen LogP contribution < -0.4 is 0 Å². The highest BCUT2D eigenvalue weighted by atomic mass is 79.9. The Bertz CT molecular complexity index is 511. The number of hydrogen-bond acceptors (Lipinski definition) is 2. The summed E-state index contributed by atoms with van der Waals surface area (Å²) >= 11 is 3.41. The van der Waals surface area contributed by atoms with E-state index in [1.807, 2.05) is 28.8 Å². The molecule has 1 heterocycles. The minimum absolute atomic E-state index is 0.321. The van der Waals surface area contributed by atoms with Crippen molar-refractivity contribution in [2.24, 2.45) is 0 Å². The van der Waals surface area contributed by atoms with Crippen molar-refractivity contribution < 1.29 is 0 Å². The maximum atomic E-state index is 8.66. The second-order valence-corrected chi connectivity index (χ2v) is 3.96. The third-order valence-corrected chi connectivity index (χ3v) is 2.53. The van der Waals surface area contributed by atoms with Gasteiger partial charge in [0.25, 0.3) is 0 Å². The van der Waals surface area contributed by atoms with Gasteiger partial charge in [0.1, 0.15) is 12.4 Å². The zero-order valence-electron chi connectivity index (χ0n) is 7.89. The van der Waals surface area contributed by atoms with Gasteiger partial charge in [-0.3, -0.25) is 0 Å². The van der Waals surface area contributed by atoms with E-state index in [1.54, 1.807) is 12.4 Å². The predicted octanol–water partition coefficient (Wildman–Crippen LogP) is 2.84. The predicted molar refractivity (Wildman–Crippen MR) is 61.0 cm³/mol. The summed E-state index contributed by atoms with van der Waals surface area (Å²) in [6.07, 6.45) is 3.51.